The van der Waals surface area contributed by atoms with Gasteiger partial charge >= 0.3 is 6.18 Å². The summed E-state index contributed by atoms with van der Waals surface area (Å²) >= 11 is 5.57. The zero-order valence-corrected chi connectivity index (χ0v) is 15.6. The number of nitrogens with zero attached hydrogens (tertiary/aromatic N) is 2. The van der Waals surface area contributed by atoms with E-state index in [4.69, 9.17) is 12.2 Å². The van der Waals surface area contributed by atoms with Gasteiger partial charge in [-0.1, -0.05) is 24.3 Å². The second kappa shape index (κ2) is 6.20. The predicted molar refractivity (Wildman–Crippen MR) is 102 cm³/mol. The van der Waals surface area contributed by atoms with E-state index in [1.54, 1.807) is 9.80 Å². The summed E-state index contributed by atoms with van der Waals surface area (Å²) in [6.45, 7) is 0. The standard InChI is InChI=1S/C18H15F3N2O2S2/c19-18(20,21)12-5-4-8-14(9-12)23-16-11-27(24,25)10-15(16)22(17(23)26)13-6-2-1-3-7-13/h1-9,15-16H,10-11H2/t15-,16-/m1/s1. The lowest BCUT2D eigenvalue weighted by molar-refractivity contribution is -0.137. The van der Waals surface area contributed by atoms with Crippen molar-refractivity contribution in [2.24, 2.45) is 0 Å². The smallest absolute Gasteiger partial charge is 0.312 e. The van der Waals surface area contributed by atoms with Gasteiger partial charge in [-0.25, -0.2) is 8.42 Å². The van der Waals surface area contributed by atoms with Crippen molar-refractivity contribution in [2.75, 3.05) is 21.3 Å². The minimum Gasteiger partial charge on any atom is -0.312 e. The summed E-state index contributed by atoms with van der Waals surface area (Å²) < 4.78 is 63.9. The van der Waals surface area contributed by atoms with Crippen LogP contribution >= 0.6 is 12.2 Å². The molecule has 0 N–H and O–H groups in total. The van der Waals surface area contributed by atoms with Crippen LogP contribution < -0.4 is 9.80 Å². The van der Waals surface area contributed by atoms with Gasteiger partial charge in [-0.05, 0) is 42.5 Å². The van der Waals surface area contributed by atoms with Crippen LogP contribution in [0, 0.1) is 0 Å². The molecular formula is C18H15F3N2O2S2. The summed E-state index contributed by atoms with van der Waals surface area (Å²) in [5.41, 5.74) is 0.183. The number of hydrogen-bond acceptors (Lipinski definition) is 3. The molecule has 2 fully saturated rings. The largest absolute Gasteiger partial charge is 0.416 e. The summed E-state index contributed by atoms with van der Waals surface area (Å²) in [6, 6.07) is 13.0. The van der Waals surface area contributed by atoms with Crippen molar-refractivity contribution < 1.29 is 21.6 Å². The van der Waals surface area contributed by atoms with Crippen molar-refractivity contribution in [1.82, 2.24) is 0 Å². The molecule has 2 atom stereocenters. The molecule has 2 aromatic rings. The molecule has 0 aromatic heterocycles. The highest BCUT2D eigenvalue weighted by atomic mass is 32.2. The Morgan fingerprint density at radius 1 is 0.889 bits per heavy atom. The molecule has 2 heterocycles. The van der Waals surface area contributed by atoms with Crippen LogP contribution in [0.3, 0.4) is 0 Å². The molecule has 2 aliphatic rings. The number of benzene rings is 2. The molecule has 2 saturated heterocycles. The molecule has 0 aliphatic carbocycles. The fourth-order valence-electron chi connectivity index (χ4n) is 3.73. The number of thiocarbonyl (C=S) groups is 1. The topological polar surface area (TPSA) is 40.6 Å². The quantitative estimate of drug-likeness (QED) is 0.707. The maximum Gasteiger partial charge on any atom is 0.416 e. The van der Waals surface area contributed by atoms with E-state index in [0.717, 1.165) is 17.8 Å². The number of fused-ring (bicyclic) bond motifs is 1. The number of anilines is 2. The molecule has 142 valence electrons. The fraction of sp³-hybridized carbons (Fsp3) is 0.278. The van der Waals surface area contributed by atoms with Crippen molar-refractivity contribution >= 4 is 38.5 Å². The lowest BCUT2D eigenvalue weighted by Crippen LogP contribution is -2.37. The summed E-state index contributed by atoms with van der Waals surface area (Å²) in [6.07, 6.45) is -4.49. The van der Waals surface area contributed by atoms with Crippen molar-refractivity contribution in [1.29, 1.82) is 0 Å². The Balaban J connectivity index is 1.80. The van der Waals surface area contributed by atoms with E-state index in [-0.39, 0.29) is 17.2 Å². The number of hydrogen-bond donors (Lipinski definition) is 0. The molecule has 0 unspecified atom stereocenters. The Hall–Kier alpha value is -2.13. The molecule has 4 rings (SSSR count). The minimum atomic E-state index is -4.49. The first-order chi connectivity index (χ1) is 12.7. The van der Waals surface area contributed by atoms with Gasteiger partial charge in [-0.15, -0.1) is 0 Å². The van der Waals surface area contributed by atoms with E-state index >= 15 is 0 Å². The Morgan fingerprint density at radius 3 is 2.04 bits per heavy atom. The summed E-state index contributed by atoms with van der Waals surface area (Å²) in [5.74, 6) is -0.223. The van der Waals surface area contributed by atoms with E-state index in [1.807, 2.05) is 30.3 Å². The first-order valence-electron chi connectivity index (χ1n) is 8.22. The van der Waals surface area contributed by atoms with Crippen LogP contribution in [0.1, 0.15) is 5.56 Å². The summed E-state index contributed by atoms with van der Waals surface area (Å²) in [4.78, 5) is 3.29. The summed E-state index contributed by atoms with van der Waals surface area (Å²) in [5, 5.41) is 0.311. The van der Waals surface area contributed by atoms with E-state index in [9.17, 15) is 21.6 Å². The van der Waals surface area contributed by atoms with Crippen LogP contribution in [-0.2, 0) is 16.0 Å². The second-order valence-electron chi connectivity index (χ2n) is 6.62. The predicted octanol–water partition coefficient (Wildman–Crippen LogP) is 3.48. The number of sulfone groups is 1. The van der Waals surface area contributed by atoms with Crippen molar-refractivity contribution in [3.05, 3.63) is 60.2 Å². The third-order valence-electron chi connectivity index (χ3n) is 4.86. The van der Waals surface area contributed by atoms with E-state index in [0.29, 0.717) is 5.11 Å². The van der Waals surface area contributed by atoms with Crippen molar-refractivity contribution in [3.8, 4) is 0 Å². The van der Waals surface area contributed by atoms with Crippen molar-refractivity contribution in [3.63, 3.8) is 0 Å². The Kier molecular flexibility index (Phi) is 4.19. The highest BCUT2D eigenvalue weighted by molar-refractivity contribution is 7.91. The Bertz CT molecular complexity index is 993. The third-order valence-corrected chi connectivity index (χ3v) is 6.95. The average molecular weight is 412 g/mol. The molecule has 0 bridgehead atoms. The van der Waals surface area contributed by atoms with Crippen molar-refractivity contribution in [2.45, 2.75) is 18.3 Å². The van der Waals surface area contributed by atoms with Crippen LogP contribution in [0.25, 0.3) is 0 Å². The zero-order valence-electron chi connectivity index (χ0n) is 13.9. The zero-order chi connectivity index (χ0) is 19.4. The van der Waals surface area contributed by atoms with E-state index in [2.05, 4.69) is 0 Å². The maximum absolute atomic E-state index is 13.1. The third kappa shape index (κ3) is 3.19. The molecule has 9 heteroatoms. The van der Waals surface area contributed by atoms with Crippen LogP contribution in [0.4, 0.5) is 24.5 Å². The Morgan fingerprint density at radius 2 is 1.44 bits per heavy atom. The molecule has 2 aliphatic heterocycles. The molecule has 0 amide bonds. The molecule has 4 nitrogen and oxygen atoms in total. The van der Waals surface area contributed by atoms with Gasteiger partial charge in [-0.2, -0.15) is 13.2 Å². The van der Waals surface area contributed by atoms with Crippen LogP contribution in [0.15, 0.2) is 54.6 Å². The minimum absolute atomic E-state index is 0.0812. The molecular weight excluding hydrogens is 397 g/mol. The van der Waals surface area contributed by atoms with Gasteiger partial charge < -0.3 is 9.80 Å². The lowest BCUT2D eigenvalue weighted by atomic mass is 10.1. The van der Waals surface area contributed by atoms with E-state index < -0.39 is 33.7 Å². The van der Waals surface area contributed by atoms with Gasteiger partial charge in [0.1, 0.15) is 0 Å². The van der Waals surface area contributed by atoms with Gasteiger partial charge in [0.15, 0.2) is 14.9 Å². The first kappa shape index (κ1) is 18.2. The van der Waals surface area contributed by atoms with Gasteiger partial charge in [0, 0.05) is 11.4 Å². The maximum atomic E-state index is 13.1. The molecule has 27 heavy (non-hydrogen) atoms. The van der Waals surface area contributed by atoms with Gasteiger partial charge in [0.25, 0.3) is 0 Å². The van der Waals surface area contributed by atoms with Crippen LogP contribution in [-0.4, -0.2) is 37.1 Å². The number of halogens is 3. The summed E-state index contributed by atoms with van der Waals surface area (Å²) in [7, 11) is -3.31. The Labute approximate surface area is 160 Å². The van der Waals surface area contributed by atoms with Crippen LogP contribution in [0.5, 0.6) is 0 Å². The molecule has 0 radical (unpaired) electrons. The van der Waals surface area contributed by atoms with Gasteiger partial charge in [0.2, 0.25) is 0 Å². The highest BCUT2D eigenvalue weighted by Gasteiger charge is 2.52. The number of alkyl halides is 3. The normalized spacial score (nSPS) is 24.3. The monoisotopic (exact) mass is 412 g/mol. The van der Waals surface area contributed by atoms with Gasteiger partial charge in [-0.3, -0.25) is 0 Å². The second-order valence-corrected chi connectivity index (χ2v) is 9.14. The SMILES string of the molecule is O=S1(=O)C[C@@H]2[C@@H](C1)N(c1cccc(C(F)(F)F)c1)C(=S)N2c1ccccc1. The number of rotatable bonds is 2. The molecule has 2 aromatic carbocycles. The number of para-hydroxylation sites is 1. The molecule has 0 spiro atoms. The molecule has 0 saturated carbocycles. The average Bonchev–Trinajstić information content (AvgIpc) is 3.03. The van der Waals surface area contributed by atoms with Crippen LogP contribution in [0.2, 0.25) is 0 Å². The first-order valence-corrected chi connectivity index (χ1v) is 10.5. The lowest BCUT2D eigenvalue weighted by Gasteiger charge is -2.26. The van der Waals surface area contributed by atoms with E-state index in [1.165, 1.54) is 12.1 Å². The highest BCUT2D eigenvalue weighted by Crippen LogP contribution is 2.39. The van der Waals surface area contributed by atoms with Gasteiger partial charge in [0.05, 0.1) is 29.2 Å². The fourth-order valence-corrected chi connectivity index (χ4v) is 6.13.